The molecule has 0 saturated carbocycles. The van der Waals surface area contributed by atoms with Gasteiger partial charge in [0.2, 0.25) is 11.8 Å². The highest BCUT2D eigenvalue weighted by molar-refractivity contribution is 5.93. The average Bonchev–Trinajstić information content (AvgIpc) is 2.85. The van der Waals surface area contributed by atoms with Crippen LogP contribution in [0.4, 0.5) is 4.79 Å². The van der Waals surface area contributed by atoms with Gasteiger partial charge in [0, 0.05) is 6.54 Å². The molecule has 214 valence electrons. The molecule has 9 heteroatoms. The molecule has 0 aliphatic heterocycles. The van der Waals surface area contributed by atoms with Crippen molar-refractivity contribution in [2.75, 3.05) is 20.2 Å². The molecule has 3 unspecified atom stereocenters. The Labute approximate surface area is 228 Å². The van der Waals surface area contributed by atoms with E-state index in [4.69, 9.17) is 4.74 Å². The topological polar surface area (TPSA) is 114 Å². The molecule has 0 heterocycles. The second-order valence-electron chi connectivity index (χ2n) is 10.8. The summed E-state index contributed by atoms with van der Waals surface area (Å²) in [7, 11) is 1.24. The quantitative estimate of drug-likeness (QED) is 0.283. The summed E-state index contributed by atoms with van der Waals surface area (Å²) in [5, 5.41) is 5.39. The lowest BCUT2D eigenvalue weighted by Gasteiger charge is -2.36. The molecule has 3 amide bonds. The SMILES string of the molecule is CCCCCN(C(=O)C(NC(=O)OC(C)(C)C)C(C)CC)C(C(=O)NCC(=O)OC)c1ccc(C)c(C)c1. The summed E-state index contributed by atoms with van der Waals surface area (Å²) < 4.78 is 10.1. The highest BCUT2D eigenvalue weighted by Gasteiger charge is 2.38. The zero-order valence-corrected chi connectivity index (χ0v) is 24.6. The van der Waals surface area contributed by atoms with Crippen LogP contribution in [0, 0.1) is 19.8 Å². The van der Waals surface area contributed by atoms with Crippen molar-refractivity contribution in [1.29, 1.82) is 0 Å². The Kier molecular flexibility index (Phi) is 13.3. The van der Waals surface area contributed by atoms with Crippen LogP contribution in [0.2, 0.25) is 0 Å². The molecule has 0 aromatic heterocycles. The van der Waals surface area contributed by atoms with Crippen LogP contribution in [0.5, 0.6) is 0 Å². The van der Waals surface area contributed by atoms with Crippen molar-refractivity contribution in [2.45, 2.75) is 98.8 Å². The van der Waals surface area contributed by atoms with Crippen LogP contribution in [-0.4, -0.2) is 60.6 Å². The highest BCUT2D eigenvalue weighted by atomic mass is 16.6. The van der Waals surface area contributed by atoms with E-state index in [1.165, 1.54) is 12.0 Å². The maximum atomic E-state index is 14.2. The van der Waals surface area contributed by atoms with Gasteiger partial charge in [-0.3, -0.25) is 14.4 Å². The van der Waals surface area contributed by atoms with E-state index >= 15 is 0 Å². The lowest BCUT2D eigenvalue weighted by molar-refractivity contribution is -0.145. The molecule has 9 nitrogen and oxygen atoms in total. The number of unbranched alkanes of at least 4 members (excludes halogenated alkanes) is 2. The van der Waals surface area contributed by atoms with Crippen LogP contribution in [-0.2, 0) is 23.9 Å². The van der Waals surface area contributed by atoms with Gasteiger partial charge in [-0.2, -0.15) is 0 Å². The first-order chi connectivity index (χ1) is 17.7. The first kappa shape index (κ1) is 32.9. The number of aryl methyl sites for hydroxylation is 2. The summed E-state index contributed by atoms with van der Waals surface area (Å²) in [6, 6.07) is 3.71. The van der Waals surface area contributed by atoms with E-state index in [-0.39, 0.29) is 18.4 Å². The number of rotatable bonds is 13. The Morgan fingerprint density at radius 2 is 1.68 bits per heavy atom. The van der Waals surface area contributed by atoms with Gasteiger partial charge in [0.1, 0.15) is 24.2 Å². The second-order valence-corrected chi connectivity index (χ2v) is 10.8. The number of benzene rings is 1. The number of esters is 1. The minimum absolute atomic E-state index is 0.220. The van der Waals surface area contributed by atoms with Crippen LogP contribution in [0.15, 0.2) is 18.2 Å². The molecule has 0 bridgehead atoms. The standard InChI is InChI=1S/C29H47N3O6/c1-10-12-13-16-32(27(35)24(19(3)11-2)31-28(36)38-29(6,7)8)25(26(34)30-18-23(33)37-9)22-15-14-20(4)21(5)17-22/h14-15,17,19,24-25H,10-13,16,18H2,1-9H3,(H,30,34)(H,31,36). The van der Waals surface area contributed by atoms with Crippen molar-refractivity contribution in [3.8, 4) is 0 Å². The van der Waals surface area contributed by atoms with Crippen molar-refractivity contribution in [2.24, 2.45) is 5.92 Å². The van der Waals surface area contributed by atoms with Crippen LogP contribution in [0.3, 0.4) is 0 Å². The van der Waals surface area contributed by atoms with Crippen LogP contribution < -0.4 is 10.6 Å². The van der Waals surface area contributed by atoms with E-state index < -0.39 is 35.7 Å². The normalized spacial score (nSPS) is 13.6. The maximum absolute atomic E-state index is 14.2. The predicted octanol–water partition coefficient (Wildman–Crippen LogP) is 4.59. The molecule has 0 aliphatic carbocycles. The van der Waals surface area contributed by atoms with E-state index in [0.717, 1.165) is 24.0 Å². The van der Waals surface area contributed by atoms with E-state index in [0.29, 0.717) is 24.9 Å². The summed E-state index contributed by atoms with van der Waals surface area (Å²) in [4.78, 5) is 53.8. The van der Waals surface area contributed by atoms with E-state index in [1.54, 1.807) is 20.8 Å². The average molecular weight is 534 g/mol. The molecule has 0 fully saturated rings. The Hall–Kier alpha value is -3.10. The van der Waals surface area contributed by atoms with Gasteiger partial charge in [-0.25, -0.2) is 4.79 Å². The fourth-order valence-corrected chi connectivity index (χ4v) is 3.93. The lowest BCUT2D eigenvalue weighted by Crippen LogP contribution is -2.55. The number of nitrogens with one attached hydrogen (secondary N) is 2. The minimum atomic E-state index is -1.00. The summed E-state index contributed by atoms with van der Waals surface area (Å²) in [5.41, 5.74) is 1.92. The third-order valence-corrected chi connectivity index (χ3v) is 6.48. The molecule has 38 heavy (non-hydrogen) atoms. The van der Waals surface area contributed by atoms with Crippen molar-refractivity contribution >= 4 is 23.9 Å². The van der Waals surface area contributed by atoms with Gasteiger partial charge in [-0.1, -0.05) is 58.2 Å². The number of hydrogen-bond donors (Lipinski definition) is 2. The summed E-state index contributed by atoms with van der Waals surface area (Å²) in [5.74, 6) is -1.69. The van der Waals surface area contributed by atoms with Gasteiger partial charge in [0.15, 0.2) is 0 Å². The van der Waals surface area contributed by atoms with Crippen LogP contribution in [0.25, 0.3) is 0 Å². The van der Waals surface area contributed by atoms with E-state index in [1.807, 2.05) is 45.9 Å². The Balaban J connectivity index is 3.56. The minimum Gasteiger partial charge on any atom is -0.468 e. The molecule has 3 atom stereocenters. The van der Waals surface area contributed by atoms with E-state index in [9.17, 15) is 19.2 Å². The third-order valence-electron chi connectivity index (χ3n) is 6.48. The van der Waals surface area contributed by atoms with Crippen molar-refractivity contribution < 1.29 is 28.7 Å². The van der Waals surface area contributed by atoms with Gasteiger partial charge in [0.05, 0.1) is 7.11 Å². The van der Waals surface area contributed by atoms with Gasteiger partial charge >= 0.3 is 12.1 Å². The highest BCUT2D eigenvalue weighted by Crippen LogP contribution is 2.27. The van der Waals surface area contributed by atoms with Crippen LogP contribution in [0.1, 0.15) is 90.0 Å². The number of alkyl carbamates (subject to hydrolysis) is 1. The van der Waals surface area contributed by atoms with Crippen LogP contribution >= 0.6 is 0 Å². The molecule has 2 N–H and O–H groups in total. The smallest absolute Gasteiger partial charge is 0.408 e. The summed E-state index contributed by atoms with van der Waals surface area (Å²) in [6.45, 7) is 15.0. The molecule has 1 aromatic rings. The maximum Gasteiger partial charge on any atom is 0.408 e. The zero-order valence-electron chi connectivity index (χ0n) is 24.6. The second kappa shape index (κ2) is 15.3. The number of methoxy groups -OCH3 is 1. The summed E-state index contributed by atoms with van der Waals surface area (Å²) in [6.07, 6.45) is 2.39. The number of carbonyl (C=O) groups excluding carboxylic acids is 4. The third kappa shape index (κ3) is 10.3. The molecule has 0 radical (unpaired) electrons. The van der Waals surface area contributed by atoms with Gasteiger partial charge in [0.25, 0.3) is 0 Å². The number of amides is 3. The largest absolute Gasteiger partial charge is 0.468 e. The molecular weight excluding hydrogens is 486 g/mol. The molecule has 1 aromatic carbocycles. The van der Waals surface area contributed by atoms with Gasteiger partial charge in [-0.05, 0) is 63.6 Å². The first-order valence-corrected chi connectivity index (χ1v) is 13.5. The first-order valence-electron chi connectivity index (χ1n) is 13.5. The Morgan fingerprint density at radius 1 is 1.03 bits per heavy atom. The fraction of sp³-hybridized carbons (Fsp3) is 0.655. The number of nitrogens with zero attached hydrogens (tertiary/aromatic N) is 1. The Morgan fingerprint density at radius 3 is 2.21 bits per heavy atom. The summed E-state index contributed by atoms with van der Waals surface area (Å²) >= 11 is 0. The molecular formula is C29H47N3O6. The Bertz CT molecular complexity index is 956. The molecule has 0 spiro atoms. The van der Waals surface area contributed by atoms with Gasteiger partial charge in [-0.15, -0.1) is 0 Å². The molecule has 1 rings (SSSR count). The number of carbonyl (C=O) groups is 4. The van der Waals surface area contributed by atoms with Crippen molar-refractivity contribution in [1.82, 2.24) is 15.5 Å². The fourth-order valence-electron chi connectivity index (χ4n) is 3.93. The monoisotopic (exact) mass is 533 g/mol. The van der Waals surface area contributed by atoms with E-state index in [2.05, 4.69) is 22.3 Å². The predicted molar refractivity (Wildman–Crippen MR) is 148 cm³/mol. The lowest BCUT2D eigenvalue weighted by atomic mass is 9.94. The zero-order chi connectivity index (χ0) is 29.0. The van der Waals surface area contributed by atoms with Crippen molar-refractivity contribution in [3.63, 3.8) is 0 Å². The van der Waals surface area contributed by atoms with Gasteiger partial charge < -0.3 is 25.0 Å². The number of ether oxygens (including phenoxy) is 2. The molecule has 0 aliphatic rings. The van der Waals surface area contributed by atoms with Crippen molar-refractivity contribution in [3.05, 3.63) is 34.9 Å². The number of hydrogen-bond acceptors (Lipinski definition) is 6. The molecule has 0 saturated heterocycles.